The molecule has 0 rings (SSSR count). The van der Waals surface area contributed by atoms with E-state index < -0.39 is 11.5 Å². The molecule has 0 N–H and O–H groups in total. The zero-order valence-corrected chi connectivity index (χ0v) is 7.49. The van der Waals surface area contributed by atoms with E-state index in [-0.39, 0.29) is 11.6 Å². The van der Waals surface area contributed by atoms with Crippen LogP contribution in [0.15, 0.2) is 17.5 Å². The number of aliphatic imine (C=N–C) groups is 1. The van der Waals surface area contributed by atoms with Crippen LogP contribution in [-0.2, 0) is 4.74 Å². The van der Waals surface area contributed by atoms with Crippen LogP contribution < -0.4 is 0 Å². The van der Waals surface area contributed by atoms with Gasteiger partial charge >= 0.3 is 0 Å². The van der Waals surface area contributed by atoms with Crippen molar-refractivity contribution in [3.8, 4) is 0 Å². The molecule has 1 atom stereocenters. The maximum atomic E-state index is 12.0. The molecule has 0 aliphatic rings. The number of ether oxygens (including phenoxy) is 1. The van der Waals surface area contributed by atoms with Crippen molar-refractivity contribution in [2.75, 3.05) is 7.11 Å². The molecule has 0 saturated carbocycles. The van der Waals surface area contributed by atoms with Crippen LogP contribution in [0.5, 0.6) is 0 Å². The molecule has 5 heteroatoms. The maximum absolute atomic E-state index is 12.0. The lowest BCUT2D eigenvalue weighted by molar-refractivity contribution is 0.173. The summed E-state index contributed by atoms with van der Waals surface area (Å²) in [6.45, 7) is 2.91. The Morgan fingerprint density at radius 3 is 2.73 bits per heavy atom. The smallest absolute Gasteiger partial charge is 0.206 e. The monoisotopic (exact) mass is 199 g/mol. The molecule has 0 aliphatic carbocycles. The lowest BCUT2D eigenvalue weighted by Gasteiger charge is -2.03. The van der Waals surface area contributed by atoms with Crippen molar-refractivity contribution in [3.63, 3.8) is 0 Å². The lowest BCUT2D eigenvalue weighted by Crippen LogP contribution is -2.05. The first-order valence-electron chi connectivity index (χ1n) is 2.80. The summed E-state index contributed by atoms with van der Waals surface area (Å²) >= 11 is 10.9. The quantitative estimate of drug-likeness (QED) is 0.388. The van der Waals surface area contributed by atoms with E-state index in [1.807, 2.05) is 0 Å². The Bertz CT molecular complexity index is 172. The Kier molecular flexibility index (Phi) is 5.46. The van der Waals surface area contributed by atoms with E-state index in [2.05, 4.69) is 16.3 Å². The number of hydrogen-bond acceptors (Lipinski definition) is 2. The molecule has 11 heavy (non-hydrogen) atoms. The fourth-order valence-electron chi connectivity index (χ4n) is 0.393. The molecule has 0 saturated heterocycles. The number of alkyl halides is 1. The third-order valence-corrected chi connectivity index (χ3v) is 1.40. The summed E-state index contributed by atoms with van der Waals surface area (Å²) in [4.78, 5) is 3.22. The van der Waals surface area contributed by atoms with Crippen molar-refractivity contribution in [2.24, 2.45) is 4.99 Å². The second-order valence-corrected chi connectivity index (χ2v) is 2.64. The van der Waals surface area contributed by atoms with E-state index in [0.29, 0.717) is 0 Å². The molecular weight excluding hydrogens is 192 g/mol. The van der Waals surface area contributed by atoms with Crippen LogP contribution >= 0.6 is 23.2 Å². The Hall–Kier alpha value is -0.120. The van der Waals surface area contributed by atoms with Gasteiger partial charge in [0.15, 0.2) is 0 Å². The highest BCUT2D eigenvalue weighted by molar-refractivity contribution is 6.65. The third kappa shape index (κ3) is 6.28. The SMILES string of the molecule is C=C(F)N=C(Cl)CC(Cl)OC. The number of nitrogens with zero attached hydrogens (tertiary/aromatic N) is 1. The summed E-state index contributed by atoms with van der Waals surface area (Å²) in [6, 6.07) is 0. The zero-order chi connectivity index (χ0) is 8.85. The van der Waals surface area contributed by atoms with Crippen LogP contribution in [0.1, 0.15) is 6.42 Å². The molecule has 0 aliphatic heterocycles. The summed E-state index contributed by atoms with van der Waals surface area (Å²) < 4.78 is 16.6. The van der Waals surface area contributed by atoms with Crippen LogP contribution in [0.25, 0.3) is 0 Å². The Labute approximate surface area is 74.7 Å². The number of rotatable bonds is 4. The van der Waals surface area contributed by atoms with Gasteiger partial charge in [0.05, 0.1) is 0 Å². The average Bonchev–Trinajstić information content (AvgIpc) is 1.85. The number of methoxy groups -OCH3 is 1. The predicted octanol–water partition coefficient (Wildman–Crippen LogP) is 2.67. The van der Waals surface area contributed by atoms with Gasteiger partial charge in [0.1, 0.15) is 10.7 Å². The van der Waals surface area contributed by atoms with Crippen molar-refractivity contribution in [1.29, 1.82) is 0 Å². The van der Waals surface area contributed by atoms with Gasteiger partial charge in [0.25, 0.3) is 0 Å². The van der Waals surface area contributed by atoms with Gasteiger partial charge in [-0.05, 0) is 6.58 Å². The highest BCUT2D eigenvalue weighted by Crippen LogP contribution is 2.08. The van der Waals surface area contributed by atoms with Gasteiger partial charge in [-0.3, -0.25) is 0 Å². The maximum Gasteiger partial charge on any atom is 0.206 e. The molecule has 0 bridgehead atoms. The predicted molar refractivity (Wildman–Crippen MR) is 44.8 cm³/mol. The van der Waals surface area contributed by atoms with Crippen molar-refractivity contribution in [2.45, 2.75) is 12.0 Å². The van der Waals surface area contributed by atoms with Crippen LogP contribution in [0.2, 0.25) is 0 Å². The normalized spacial score (nSPS) is 14.7. The van der Waals surface area contributed by atoms with E-state index in [1.165, 1.54) is 7.11 Å². The van der Waals surface area contributed by atoms with Gasteiger partial charge in [-0.2, -0.15) is 4.39 Å². The largest absolute Gasteiger partial charge is 0.365 e. The summed E-state index contributed by atoms with van der Waals surface area (Å²) in [5.41, 5.74) is -0.578. The molecule has 64 valence electrons. The highest BCUT2D eigenvalue weighted by atomic mass is 35.5. The van der Waals surface area contributed by atoms with Crippen molar-refractivity contribution < 1.29 is 9.13 Å². The molecule has 0 aromatic heterocycles. The van der Waals surface area contributed by atoms with Crippen molar-refractivity contribution in [1.82, 2.24) is 0 Å². The molecule has 1 unspecified atom stereocenters. The first-order valence-corrected chi connectivity index (χ1v) is 3.62. The van der Waals surface area contributed by atoms with E-state index in [1.54, 1.807) is 0 Å². The van der Waals surface area contributed by atoms with E-state index in [9.17, 15) is 4.39 Å². The third-order valence-electron chi connectivity index (χ3n) is 0.827. The second kappa shape index (κ2) is 5.52. The van der Waals surface area contributed by atoms with E-state index in [4.69, 9.17) is 23.2 Å². The van der Waals surface area contributed by atoms with Gasteiger partial charge < -0.3 is 4.74 Å². The summed E-state index contributed by atoms with van der Waals surface area (Å²) in [7, 11) is 1.42. The fraction of sp³-hybridized carbons (Fsp3) is 0.500. The molecule has 0 amide bonds. The van der Waals surface area contributed by atoms with Crippen LogP contribution in [0.4, 0.5) is 4.39 Å². The number of halogens is 3. The second-order valence-electron chi connectivity index (χ2n) is 1.71. The van der Waals surface area contributed by atoms with Crippen LogP contribution in [0, 0.1) is 0 Å². The minimum absolute atomic E-state index is 0.0411. The summed E-state index contributed by atoms with van der Waals surface area (Å²) in [6.07, 6.45) is 0.169. The Morgan fingerprint density at radius 2 is 2.36 bits per heavy atom. The van der Waals surface area contributed by atoms with Crippen LogP contribution in [-0.4, -0.2) is 17.8 Å². The Morgan fingerprint density at radius 1 is 1.82 bits per heavy atom. The summed E-state index contributed by atoms with van der Waals surface area (Å²) in [5, 5.41) is 0.0411. The first-order chi connectivity index (χ1) is 5.06. The average molecular weight is 200 g/mol. The first kappa shape index (κ1) is 10.9. The van der Waals surface area contributed by atoms with Crippen molar-refractivity contribution in [3.05, 3.63) is 12.5 Å². The molecular formula is C6H8Cl2FNO. The van der Waals surface area contributed by atoms with Gasteiger partial charge in [-0.1, -0.05) is 23.2 Å². The molecule has 0 fully saturated rings. The fourth-order valence-corrected chi connectivity index (χ4v) is 0.850. The molecule has 0 aromatic carbocycles. The zero-order valence-electron chi connectivity index (χ0n) is 5.98. The lowest BCUT2D eigenvalue weighted by atomic mass is 10.5. The number of hydrogen-bond donors (Lipinski definition) is 0. The standard InChI is InChI=1S/C6H8Cl2FNO/c1-4(9)10-5(7)3-6(8)11-2/h6H,1,3H2,2H3. The van der Waals surface area contributed by atoms with E-state index >= 15 is 0 Å². The topological polar surface area (TPSA) is 21.6 Å². The van der Waals surface area contributed by atoms with E-state index in [0.717, 1.165) is 0 Å². The van der Waals surface area contributed by atoms with Crippen LogP contribution in [0.3, 0.4) is 0 Å². The minimum Gasteiger partial charge on any atom is -0.365 e. The van der Waals surface area contributed by atoms with Crippen molar-refractivity contribution >= 4 is 28.4 Å². The van der Waals surface area contributed by atoms with Gasteiger partial charge in [0, 0.05) is 13.5 Å². The van der Waals surface area contributed by atoms with Gasteiger partial charge in [-0.25, -0.2) is 4.99 Å². The Balaban J connectivity index is 3.85. The van der Waals surface area contributed by atoms with Gasteiger partial charge in [-0.15, -0.1) is 0 Å². The molecule has 0 radical (unpaired) electrons. The summed E-state index contributed by atoms with van der Waals surface area (Å²) in [5.74, 6) is -0.838. The molecule has 0 heterocycles. The highest BCUT2D eigenvalue weighted by Gasteiger charge is 2.05. The minimum atomic E-state index is -0.838. The molecule has 0 spiro atoms. The van der Waals surface area contributed by atoms with Gasteiger partial charge in [0.2, 0.25) is 5.95 Å². The molecule has 0 aromatic rings. The molecule has 2 nitrogen and oxygen atoms in total.